The SMILES string of the molecule is NCc1cc(-c2nc(C3CCCS3)no2)ccn1. The molecule has 0 radical (unpaired) electrons. The molecule has 3 rings (SSSR count). The first-order valence-electron chi connectivity index (χ1n) is 5.97. The molecule has 0 saturated carbocycles. The molecule has 0 aromatic carbocycles. The van der Waals surface area contributed by atoms with E-state index in [0.29, 0.717) is 17.7 Å². The molecular formula is C12H14N4OS. The topological polar surface area (TPSA) is 77.8 Å². The lowest BCUT2D eigenvalue weighted by Gasteiger charge is -1.99. The number of rotatable bonds is 3. The Labute approximate surface area is 109 Å². The van der Waals surface area contributed by atoms with Gasteiger partial charge in [-0.15, -0.1) is 0 Å². The zero-order valence-corrected chi connectivity index (χ0v) is 10.7. The number of aromatic nitrogens is 3. The first-order valence-corrected chi connectivity index (χ1v) is 7.02. The van der Waals surface area contributed by atoms with Gasteiger partial charge < -0.3 is 10.3 Å². The first kappa shape index (κ1) is 11.7. The van der Waals surface area contributed by atoms with Gasteiger partial charge in [-0.1, -0.05) is 5.16 Å². The quantitative estimate of drug-likeness (QED) is 0.913. The molecule has 2 aromatic rings. The van der Waals surface area contributed by atoms with E-state index in [2.05, 4.69) is 15.1 Å². The normalized spacial score (nSPS) is 19.3. The maximum atomic E-state index is 5.57. The van der Waals surface area contributed by atoms with Crippen LogP contribution >= 0.6 is 11.8 Å². The van der Waals surface area contributed by atoms with E-state index in [1.807, 2.05) is 23.9 Å². The molecule has 0 spiro atoms. The lowest BCUT2D eigenvalue weighted by Crippen LogP contribution is -1.99. The van der Waals surface area contributed by atoms with E-state index < -0.39 is 0 Å². The van der Waals surface area contributed by atoms with Crippen molar-refractivity contribution >= 4 is 11.8 Å². The average molecular weight is 262 g/mol. The van der Waals surface area contributed by atoms with Crippen LogP contribution in [-0.2, 0) is 6.54 Å². The van der Waals surface area contributed by atoms with Gasteiger partial charge in [-0.2, -0.15) is 16.7 Å². The van der Waals surface area contributed by atoms with Crippen molar-refractivity contribution in [3.05, 3.63) is 29.8 Å². The molecule has 1 saturated heterocycles. The van der Waals surface area contributed by atoms with Crippen LogP contribution < -0.4 is 5.73 Å². The zero-order valence-electron chi connectivity index (χ0n) is 9.87. The van der Waals surface area contributed by atoms with E-state index in [0.717, 1.165) is 23.5 Å². The predicted molar refractivity (Wildman–Crippen MR) is 69.9 cm³/mol. The Balaban J connectivity index is 1.87. The molecule has 94 valence electrons. The third-order valence-corrected chi connectivity index (χ3v) is 4.31. The maximum absolute atomic E-state index is 5.57. The number of thioether (sulfide) groups is 1. The molecule has 1 unspecified atom stereocenters. The molecule has 5 nitrogen and oxygen atoms in total. The van der Waals surface area contributed by atoms with Crippen molar-refractivity contribution in [3.8, 4) is 11.5 Å². The van der Waals surface area contributed by atoms with Crippen molar-refractivity contribution in [2.75, 3.05) is 5.75 Å². The Morgan fingerprint density at radius 1 is 1.50 bits per heavy atom. The predicted octanol–water partition coefficient (Wildman–Crippen LogP) is 2.16. The standard InChI is InChI=1S/C12H14N4OS/c13-7-9-6-8(3-4-14-9)12-15-11(16-17-12)10-2-1-5-18-10/h3-4,6,10H,1-2,5,7,13H2. The Morgan fingerprint density at radius 3 is 3.22 bits per heavy atom. The minimum atomic E-state index is 0.387. The maximum Gasteiger partial charge on any atom is 0.258 e. The molecule has 1 fully saturated rings. The molecule has 18 heavy (non-hydrogen) atoms. The highest BCUT2D eigenvalue weighted by Gasteiger charge is 2.23. The summed E-state index contributed by atoms with van der Waals surface area (Å²) in [6.45, 7) is 0.410. The Bertz CT molecular complexity index is 536. The molecule has 3 heterocycles. The lowest BCUT2D eigenvalue weighted by atomic mass is 10.2. The molecule has 1 aliphatic heterocycles. The number of nitrogens with two attached hydrogens (primary N) is 1. The smallest absolute Gasteiger partial charge is 0.258 e. The monoisotopic (exact) mass is 262 g/mol. The van der Waals surface area contributed by atoms with E-state index in [1.54, 1.807) is 6.20 Å². The second-order valence-corrected chi connectivity index (χ2v) is 5.51. The van der Waals surface area contributed by atoms with Crippen LogP contribution in [0.15, 0.2) is 22.9 Å². The van der Waals surface area contributed by atoms with E-state index in [9.17, 15) is 0 Å². The summed E-state index contributed by atoms with van der Waals surface area (Å²) in [4.78, 5) is 8.62. The Kier molecular flexibility index (Phi) is 3.29. The van der Waals surface area contributed by atoms with Crippen LogP contribution in [0.25, 0.3) is 11.5 Å². The molecule has 0 bridgehead atoms. The molecule has 2 aromatic heterocycles. The van der Waals surface area contributed by atoms with Crippen molar-refractivity contribution in [2.24, 2.45) is 5.73 Å². The molecule has 2 N–H and O–H groups in total. The second-order valence-electron chi connectivity index (χ2n) is 4.20. The summed E-state index contributed by atoms with van der Waals surface area (Å²) in [5.74, 6) is 2.54. The van der Waals surface area contributed by atoms with Crippen LogP contribution in [0.3, 0.4) is 0 Å². The molecule has 1 atom stereocenters. The van der Waals surface area contributed by atoms with Crippen molar-refractivity contribution < 1.29 is 4.52 Å². The summed E-state index contributed by atoms with van der Waals surface area (Å²) in [6.07, 6.45) is 4.07. The summed E-state index contributed by atoms with van der Waals surface area (Å²) in [7, 11) is 0. The molecular weight excluding hydrogens is 248 g/mol. The summed E-state index contributed by atoms with van der Waals surface area (Å²) >= 11 is 1.89. The molecule has 0 aliphatic carbocycles. The Hall–Kier alpha value is -1.40. The van der Waals surface area contributed by atoms with Crippen LogP contribution in [0, 0.1) is 0 Å². The van der Waals surface area contributed by atoms with Crippen molar-refractivity contribution in [1.29, 1.82) is 0 Å². The highest BCUT2D eigenvalue weighted by molar-refractivity contribution is 7.99. The molecule has 1 aliphatic rings. The van der Waals surface area contributed by atoms with Gasteiger partial charge in [-0.05, 0) is 30.7 Å². The summed E-state index contributed by atoms with van der Waals surface area (Å²) < 4.78 is 5.32. The van der Waals surface area contributed by atoms with Gasteiger partial charge in [-0.25, -0.2) is 0 Å². The van der Waals surface area contributed by atoms with E-state index in [1.165, 1.54) is 12.2 Å². The molecule has 6 heteroatoms. The Morgan fingerprint density at radius 2 is 2.44 bits per heavy atom. The van der Waals surface area contributed by atoms with Crippen LogP contribution in [-0.4, -0.2) is 20.9 Å². The van der Waals surface area contributed by atoms with Gasteiger partial charge in [0.1, 0.15) is 0 Å². The fourth-order valence-electron chi connectivity index (χ4n) is 1.99. The van der Waals surface area contributed by atoms with Gasteiger partial charge in [-0.3, -0.25) is 4.98 Å². The van der Waals surface area contributed by atoms with Gasteiger partial charge >= 0.3 is 0 Å². The van der Waals surface area contributed by atoms with Gasteiger partial charge in [0.05, 0.1) is 10.9 Å². The van der Waals surface area contributed by atoms with Gasteiger partial charge in [0.25, 0.3) is 5.89 Å². The average Bonchev–Trinajstić information content (AvgIpc) is 3.09. The second kappa shape index (κ2) is 5.07. The van der Waals surface area contributed by atoms with Crippen LogP contribution in [0.2, 0.25) is 0 Å². The first-order chi connectivity index (χ1) is 8.86. The van der Waals surface area contributed by atoms with Gasteiger partial charge in [0.15, 0.2) is 5.82 Å². The number of pyridine rings is 1. The van der Waals surface area contributed by atoms with Gasteiger partial charge in [0.2, 0.25) is 0 Å². The lowest BCUT2D eigenvalue weighted by molar-refractivity contribution is 0.421. The molecule has 0 amide bonds. The number of nitrogens with zero attached hydrogens (tertiary/aromatic N) is 3. The zero-order chi connectivity index (χ0) is 12.4. The highest BCUT2D eigenvalue weighted by Crippen LogP contribution is 2.38. The van der Waals surface area contributed by atoms with Crippen molar-refractivity contribution in [2.45, 2.75) is 24.6 Å². The van der Waals surface area contributed by atoms with Gasteiger partial charge in [0, 0.05) is 18.3 Å². The third kappa shape index (κ3) is 2.26. The fourth-order valence-corrected chi connectivity index (χ4v) is 3.18. The van der Waals surface area contributed by atoms with E-state index in [4.69, 9.17) is 10.3 Å². The van der Waals surface area contributed by atoms with Crippen molar-refractivity contribution in [1.82, 2.24) is 15.1 Å². The number of hydrogen-bond donors (Lipinski definition) is 1. The van der Waals surface area contributed by atoms with E-state index >= 15 is 0 Å². The third-order valence-electron chi connectivity index (χ3n) is 2.93. The van der Waals surface area contributed by atoms with Crippen LogP contribution in [0.1, 0.15) is 29.6 Å². The summed E-state index contributed by atoms with van der Waals surface area (Å²) in [5.41, 5.74) is 7.27. The fraction of sp³-hybridized carbons (Fsp3) is 0.417. The number of hydrogen-bond acceptors (Lipinski definition) is 6. The minimum Gasteiger partial charge on any atom is -0.334 e. The summed E-state index contributed by atoms with van der Waals surface area (Å²) in [5, 5.41) is 4.46. The van der Waals surface area contributed by atoms with Crippen LogP contribution in [0.5, 0.6) is 0 Å². The van der Waals surface area contributed by atoms with E-state index in [-0.39, 0.29) is 0 Å². The summed E-state index contributed by atoms with van der Waals surface area (Å²) in [6, 6.07) is 3.75. The highest BCUT2D eigenvalue weighted by atomic mass is 32.2. The minimum absolute atomic E-state index is 0.387. The largest absolute Gasteiger partial charge is 0.334 e. The van der Waals surface area contributed by atoms with Crippen LogP contribution in [0.4, 0.5) is 0 Å². The van der Waals surface area contributed by atoms with Crippen molar-refractivity contribution in [3.63, 3.8) is 0 Å².